The lowest BCUT2D eigenvalue weighted by Gasteiger charge is -2.07. The number of fused-ring (bicyclic) bond motifs is 2. The van der Waals surface area contributed by atoms with Crippen LogP contribution in [0.5, 0.6) is 0 Å². The first kappa shape index (κ1) is 8.93. The van der Waals surface area contributed by atoms with Gasteiger partial charge >= 0.3 is 0 Å². The largest absolute Gasteiger partial charge is 0.291 e. The Balaban J connectivity index is 2.50. The molecule has 4 rings (SSSR count). The Kier molecular flexibility index (Phi) is 1.55. The molecule has 3 aromatic rings. The molecule has 0 saturated heterocycles. The summed E-state index contributed by atoms with van der Waals surface area (Å²) in [6.45, 7) is 1.42. The van der Waals surface area contributed by atoms with E-state index in [4.69, 9.17) is 0 Å². The molecule has 1 aromatic heterocycles. The Morgan fingerprint density at radius 2 is 1.82 bits per heavy atom. The summed E-state index contributed by atoms with van der Waals surface area (Å²) in [6.07, 6.45) is 0. The summed E-state index contributed by atoms with van der Waals surface area (Å²) in [5, 5.41) is 4.06. The predicted molar refractivity (Wildman–Crippen MR) is 67.3 cm³/mol. The Bertz CT molecular complexity index is 856. The molecule has 1 aliphatic heterocycles. The van der Waals surface area contributed by atoms with Crippen molar-refractivity contribution in [3.05, 3.63) is 52.2 Å². The molecule has 0 spiro atoms. The minimum absolute atomic E-state index is 0.0885. The first-order valence-corrected chi connectivity index (χ1v) is 5.75. The summed E-state index contributed by atoms with van der Waals surface area (Å²) in [7, 11) is 0. The highest BCUT2D eigenvalue weighted by Crippen LogP contribution is 2.22. The van der Waals surface area contributed by atoms with Crippen molar-refractivity contribution in [1.29, 1.82) is 0 Å². The van der Waals surface area contributed by atoms with Crippen molar-refractivity contribution < 1.29 is 0 Å². The SMILES string of the molecule is O=c1c2cccc3cccc(c4n1CCN=4)c32. The molecule has 0 saturated carbocycles. The summed E-state index contributed by atoms with van der Waals surface area (Å²) in [5.74, 6) is 0. The van der Waals surface area contributed by atoms with Gasteiger partial charge in [0.05, 0.1) is 6.54 Å². The van der Waals surface area contributed by atoms with E-state index in [-0.39, 0.29) is 5.56 Å². The number of nitrogens with zero attached hydrogens (tertiary/aromatic N) is 2. The number of pyridine rings is 1. The van der Waals surface area contributed by atoms with Crippen LogP contribution in [0, 0.1) is 0 Å². The molecule has 0 atom stereocenters. The minimum atomic E-state index is 0.0885. The molecule has 0 radical (unpaired) electrons. The molecule has 0 unspecified atom stereocenters. The van der Waals surface area contributed by atoms with E-state index in [1.807, 2.05) is 30.3 Å². The maximum atomic E-state index is 12.3. The number of benzene rings is 2. The third-order valence-corrected chi connectivity index (χ3v) is 3.46. The van der Waals surface area contributed by atoms with E-state index in [0.717, 1.165) is 27.0 Å². The van der Waals surface area contributed by atoms with Gasteiger partial charge in [-0.3, -0.25) is 14.4 Å². The van der Waals surface area contributed by atoms with Crippen LogP contribution in [0.2, 0.25) is 0 Å². The lowest BCUT2D eigenvalue weighted by molar-refractivity contribution is 0.738. The van der Waals surface area contributed by atoms with Crippen molar-refractivity contribution in [2.75, 3.05) is 6.54 Å². The third-order valence-electron chi connectivity index (χ3n) is 3.46. The summed E-state index contributed by atoms with van der Waals surface area (Å²) in [6, 6.07) is 12.0. The van der Waals surface area contributed by atoms with Crippen LogP contribution in [0.4, 0.5) is 0 Å². The first-order chi connectivity index (χ1) is 8.36. The summed E-state index contributed by atoms with van der Waals surface area (Å²) in [5.41, 5.74) is 0.935. The standard InChI is InChI=1S/C14H10N2O/c17-14-11-6-2-4-9-3-1-5-10(12(9)11)13-15-7-8-16(13)14/h1-6H,7-8H2. The monoisotopic (exact) mass is 222 g/mol. The van der Waals surface area contributed by atoms with E-state index in [0.29, 0.717) is 13.1 Å². The molecule has 2 heterocycles. The van der Waals surface area contributed by atoms with Crippen molar-refractivity contribution in [1.82, 2.24) is 4.57 Å². The second-order valence-electron chi connectivity index (χ2n) is 4.37. The van der Waals surface area contributed by atoms with Gasteiger partial charge in [-0.1, -0.05) is 30.3 Å². The molecule has 0 amide bonds. The van der Waals surface area contributed by atoms with Gasteiger partial charge in [-0.2, -0.15) is 0 Å². The normalized spacial score (nSPS) is 14.1. The average Bonchev–Trinajstić information content (AvgIpc) is 2.85. The molecular weight excluding hydrogens is 212 g/mol. The van der Waals surface area contributed by atoms with Crippen LogP contribution in [-0.2, 0) is 6.54 Å². The predicted octanol–water partition coefficient (Wildman–Crippen LogP) is 1.51. The van der Waals surface area contributed by atoms with Crippen molar-refractivity contribution >= 4 is 21.5 Å². The molecule has 1 aliphatic rings. The Morgan fingerprint density at radius 1 is 1.06 bits per heavy atom. The highest BCUT2D eigenvalue weighted by Gasteiger charge is 2.14. The van der Waals surface area contributed by atoms with Crippen molar-refractivity contribution in [2.45, 2.75) is 6.54 Å². The van der Waals surface area contributed by atoms with Crippen LogP contribution in [0.3, 0.4) is 0 Å². The topological polar surface area (TPSA) is 34.4 Å². The second kappa shape index (κ2) is 2.94. The highest BCUT2D eigenvalue weighted by atomic mass is 16.1. The summed E-state index contributed by atoms with van der Waals surface area (Å²) in [4.78, 5) is 16.8. The Labute approximate surface area is 97.0 Å². The zero-order valence-electron chi connectivity index (χ0n) is 9.18. The van der Waals surface area contributed by atoms with Gasteiger partial charge in [0.1, 0.15) is 5.49 Å². The van der Waals surface area contributed by atoms with Gasteiger partial charge in [-0.25, -0.2) is 0 Å². The van der Waals surface area contributed by atoms with Gasteiger partial charge in [0.2, 0.25) is 0 Å². The Hall–Kier alpha value is -2.16. The lowest BCUT2D eigenvalue weighted by atomic mass is 10.0. The fourth-order valence-corrected chi connectivity index (χ4v) is 2.73. The lowest BCUT2D eigenvalue weighted by Crippen LogP contribution is -2.30. The summed E-state index contributed by atoms with van der Waals surface area (Å²) >= 11 is 0. The maximum absolute atomic E-state index is 12.3. The van der Waals surface area contributed by atoms with E-state index in [9.17, 15) is 4.79 Å². The van der Waals surface area contributed by atoms with Crippen LogP contribution < -0.4 is 11.0 Å². The zero-order chi connectivity index (χ0) is 11.4. The molecule has 3 heteroatoms. The van der Waals surface area contributed by atoms with E-state index in [1.165, 1.54) is 0 Å². The van der Waals surface area contributed by atoms with E-state index in [2.05, 4.69) is 11.1 Å². The molecule has 3 nitrogen and oxygen atoms in total. The third kappa shape index (κ3) is 1.01. The molecule has 0 aliphatic carbocycles. The van der Waals surface area contributed by atoms with Gasteiger partial charge in [0.25, 0.3) is 5.56 Å². The zero-order valence-corrected chi connectivity index (χ0v) is 9.18. The number of aromatic nitrogens is 1. The molecule has 0 bridgehead atoms. The van der Waals surface area contributed by atoms with Gasteiger partial charge < -0.3 is 0 Å². The highest BCUT2D eigenvalue weighted by molar-refractivity contribution is 6.09. The minimum Gasteiger partial charge on any atom is -0.291 e. The molecule has 0 N–H and O–H groups in total. The van der Waals surface area contributed by atoms with Crippen LogP contribution in [0.1, 0.15) is 0 Å². The van der Waals surface area contributed by atoms with Crippen LogP contribution in [0.15, 0.2) is 46.2 Å². The number of rotatable bonds is 0. The number of hydrogen-bond donors (Lipinski definition) is 0. The van der Waals surface area contributed by atoms with Crippen LogP contribution in [0.25, 0.3) is 21.5 Å². The van der Waals surface area contributed by atoms with Crippen LogP contribution >= 0.6 is 0 Å². The van der Waals surface area contributed by atoms with Crippen LogP contribution in [-0.4, -0.2) is 11.1 Å². The van der Waals surface area contributed by atoms with E-state index in [1.54, 1.807) is 4.57 Å². The molecule has 2 aromatic carbocycles. The first-order valence-electron chi connectivity index (χ1n) is 5.75. The average molecular weight is 222 g/mol. The summed E-state index contributed by atoms with van der Waals surface area (Å²) < 4.78 is 1.79. The fourth-order valence-electron chi connectivity index (χ4n) is 2.73. The van der Waals surface area contributed by atoms with Crippen molar-refractivity contribution in [2.24, 2.45) is 4.99 Å². The number of hydrogen-bond acceptors (Lipinski definition) is 2. The molecule has 17 heavy (non-hydrogen) atoms. The van der Waals surface area contributed by atoms with Gasteiger partial charge in [0.15, 0.2) is 0 Å². The smallest absolute Gasteiger partial charge is 0.260 e. The quantitative estimate of drug-likeness (QED) is 0.567. The van der Waals surface area contributed by atoms with Gasteiger partial charge in [-0.05, 0) is 11.5 Å². The molecular formula is C14H10N2O. The van der Waals surface area contributed by atoms with Crippen molar-refractivity contribution in [3.63, 3.8) is 0 Å². The maximum Gasteiger partial charge on any atom is 0.260 e. The fraction of sp³-hybridized carbons (Fsp3) is 0.143. The van der Waals surface area contributed by atoms with Crippen molar-refractivity contribution in [3.8, 4) is 0 Å². The molecule has 0 fully saturated rings. The van der Waals surface area contributed by atoms with E-state index < -0.39 is 0 Å². The van der Waals surface area contributed by atoms with Gasteiger partial charge in [-0.15, -0.1) is 0 Å². The molecule has 82 valence electrons. The van der Waals surface area contributed by atoms with E-state index >= 15 is 0 Å². The van der Waals surface area contributed by atoms with Gasteiger partial charge in [0, 0.05) is 22.7 Å². The second-order valence-corrected chi connectivity index (χ2v) is 4.37. The Morgan fingerprint density at radius 3 is 2.65 bits per heavy atom.